The molecule has 7 nitrogen and oxygen atoms in total. The highest BCUT2D eigenvalue weighted by Gasteiger charge is 2.22. The fraction of sp³-hybridized carbons (Fsp3) is 0.429. The smallest absolute Gasteiger partial charge is 0.269 e. The van der Waals surface area contributed by atoms with Gasteiger partial charge in [-0.25, -0.2) is 13.6 Å². The van der Waals surface area contributed by atoms with E-state index in [2.05, 4.69) is 10.9 Å². The molecular formula is C14H18ClN3O4S. The number of rotatable bonds is 3. The topological polar surface area (TPSA) is 118 Å². The number of hydrazine groups is 1. The monoisotopic (exact) mass is 359 g/mol. The van der Waals surface area contributed by atoms with Gasteiger partial charge in [-0.15, -0.1) is 0 Å². The van der Waals surface area contributed by atoms with Crippen LogP contribution >= 0.6 is 11.6 Å². The molecule has 0 saturated heterocycles. The summed E-state index contributed by atoms with van der Waals surface area (Å²) in [5, 5.41) is 4.96. The number of halogens is 1. The third kappa shape index (κ3) is 4.66. The summed E-state index contributed by atoms with van der Waals surface area (Å²) in [4.78, 5) is 23.6. The highest BCUT2D eigenvalue weighted by Crippen LogP contribution is 2.23. The van der Waals surface area contributed by atoms with Crippen molar-refractivity contribution in [1.82, 2.24) is 10.9 Å². The van der Waals surface area contributed by atoms with Crippen molar-refractivity contribution < 1.29 is 18.0 Å². The molecule has 1 aromatic rings. The van der Waals surface area contributed by atoms with E-state index in [9.17, 15) is 18.0 Å². The van der Waals surface area contributed by atoms with Gasteiger partial charge in [0.05, 0.1) is 5.02 Å². The molecule has 126 valence electrons. The third-order valence-electron chi connectivity index (χ3n) is 3.78. The molecule has 0 aromatic heterocycles. The maximum absolute atomic E-state index is 12.0. The van der Waals surface area contributed by atoms with E-state index in [1.165, 1.54) is 12.1 Å². The lowest BCUT2D eigenvalue weighted by Crippen LogP contribution is -2.45. The van der Waals surface area contributed by atoms with Crippen LogP contribution in [-0.4, -0.2) is 20.2 Å². The number of benzene rings is 1. The van der Waals surface area contributed by atoms with Crippen LogP contribution in [0.4, 0.5) is 0 Å². The first-order chi connectivity index (χ1) is 10.8. The molecule has 0 atom stereocenters. The summed E-state index contributed by atoms with van der Waals surface area (Å²) in [5.41, 5.74) is 4.68. The molecule has 0 heterocycles. The van der Waals surface area contributed by atoms with Gasteiger partial charge in [0.2, 0.25) is 15.9 Å². The Morgan fingerprint density at radius 1 is 1.13 bits per heavy atom. The largest absolute Gasteiger partial charge is 0.273 e. The summed E-state index contributed by atoms with van der Waals surface area (Å²) < 4.78 is 22.8. The molecule has 0 radical (unpaired) electrons. The molecule has 0 spiro atoms. The van der Waals surface area contributed by atoms with Crippen LogP contribution in [0, 0.1) is 5.92 Å². The lowest BCUT2D eigenvalue weighted by atomic mass is 9.89. The van der Waals surface area contributed by atoms with E-state index in [1.54, 1.807) is 0 Å². The van der Waals surface area contributed by atoms with Crippen LogP contribution in [0.5, 0.6) is 0 Å². The molecule has 2 amide bonds. The van der Waals surface area contributed by atoms with Gasteiger partial charge < -0.3 is 0 Å². The quantitative estimate of drug-likeness (QED) is 0.705. The molecule has 4 N–H and O–H groups in total. The van der Waals surface area contributed by atoms with Crippen LogP contribution in [-0.2, 0) is 14.8 Å². The van der Waals surface area contributed by atoms with Crippen molar-refractivity contribution in [3.05, 3.63) is 28.8 Å². The zero-order valence-electron chi connectivity index (χ0n) is 12.3. The standard InChI is InChI=1S/C14H18ClN3O4S/c15-11-7-6-10(8-12(11)23(16,21)22)14(20)18-17-13(19)9-4-2-1-3-5-9/h6-9H,1-5H2,(H,17,19)(H,18,20)(H2,16,21,22). The molecule has 0 aliphatic heterocycles. The van der Waals surface area contributed by atoms with Crippen LogP contribution in [0.2, 0.25) is 5.02 Å². The van der Waals surface area contributed by atoms with Crippen LogP contribution < -0.4 is 16.0 Å². The Morgan fingerprint density at radius 2 is 1.78 bits per heavy atom. The Morgan fingerprint density at radius 3 is 2.39 bits per heavy atom. The summed E-state index contributed by atoms with van der Waals surface area (Å²) in [6.45, 7) is 0. The van der Waals surface area contributed by atoms with Gasteiger partial charge in [0, 0.05) is 11.5 Å². The Labute approximate surface area is 139 Å². The molecular weight excluding hydrogens is 342 g/mol. The zero-order valence-corrected chi connectivity index (χ0v) is 13.9. The molecule has 1 saturated carbocycles. The lowest BCUT2D eigenvalue weighted by Gasteiger charge is -2.20. The number of amides is 2. The number of sulfonamides is 1. The second-order valence-electron chi connectivity index (χ2n) is 5.47. The van der Waals surface area contributed by atoms with Gasteiger partial charge in [0.1, 0.15) is 4.90 Å². The normalized spacial score (nSPS) is 15.9. The fourth-order valence-corrected chi connectivity index (χ4v) is 3.59. The minimum Gasteiger partial charge on any atom is -0.273 e. The molecule has 1 fully saturated rings. The number of hydrogen-bond donors (Lipinski definition) is 3. The highest BCUT2D eigenvalue weighted by molar-refractivity contribution is 7.89. The van der Waals surface area contributed by atoms with Gasteiger partial charge in [-0.1, -0.05) is 30.9 Å². The van der Waals surface area contributed by atoms with Gasteiger partial charge in [0.15, 0.2) is 0 Å². The van der Waals surface area contributed by atoms with E-state index >= 15 is 0 Å². The SMILES string of the molecule is NS(=O)(=O)c1cc(C(=O)NNC(=O)C2CCCCC2)ccc1Cl. The van der Waals surface area contributed by atoms with Crippen molar-refractivity contribution in [1.29, 1.82) is 0 Å². The van der Waals surface area contributed by atoms with Crippen molar-refractivity contribution in [3.63, 3.8) is 0 Å². The molecule has 0 unspecified atom stereocenters. The predicted molar refractivity (Wildman–Crippen MR) is 85.0 cm³/mol. The van der Waals surface area contributed by atoms with Crippen molar-refractivity contribution >= 4 is 33.4 Å². The number of carbonyl (C=O) groups excluding carboxylic acids is 2. The number of nitrogens with two attached hydrogens (primary N) is 1. The highest BCUT2D eigenvalue weighted by atomic mass is 35.5. The van der Waals surface area contributed by atoms with Gasteiger partial charge in [0.25, 0.3) is 5.91 Å². The fourth-order valence-electron chi connectivity index (χ4n) is 2.52. The number of carbonyl (C=O) groups is 2. The van der Waals surface area contributed by atoms with Gasteiger partial charge in [-0.3, -0.25) is 20.4 Å². The van der Waals surface area contributed by atoms with Crippen LogP contribution in [0.15, 0.2) is 23.1 Å². The van der Waals surface area contributed by atoms with Crippen LogP contribution in [0.1, 0.15) is 42.5 Å². The van der Waals surface area contributed by atoms with Gasteiger partial charge in [-0.2, -0.15) is 0 Å². The van der Waals surface area contributed by atoms with E-state index in [-0.39, 0.29) is 27.3 Å². The average Bonchev–Trinajstić information content (AvgIpc) is 2.52. The Bertz CT molecular complexity index is 715. The van der Waals surface area contributed by atoms with Gasteiger partial charge in [-0.05, 0) is 31.0 Å². The summed E-state index contributed by atoms with van der Waals surface area (Å²) in [7, 11) is -4.04. The van der Waals surface area contributed by atoms with E-state index in [0.29, 0.717) is 0 Å². The van der Waals surface area contributed by atoms with Crippen LogP contribution in [0.25, 0.3) is 0 Å². The van der Waals surface area contributed by atoms with Gasteiger partial charge >= 0.3 is 0 Å². The van der Waals surface area contributed by atoms with E-state index in [1.807, 2.05) is 0 Å². The van der Waals surface area contributed by atoms with E-state index < -0.39 is 15.9 Å². The minimum atomic E-state index is -4.04. The second-order valence-corrected chi connectivity index (χ2v) is 7.41. The average molecular weight is 360 g/mol. The Balaban J connectivity index is 2.02. The molecule has 0 bridgehead atoms. The first-order valence-corrected chi connectivity index (χ1v) is 9.14. The zero-order chi connectivity index (χ0) is 17.0. The molecule has 1 aliphatic rings. The lowest BCUT2D eigenvalue weighted by molar-refractivity contribution is -0.126. The maximum Gasteiger partial charge on any atom is 0.269 e. The minimum absolute atomic E-state index is 0.0300. The summed E-state index contributed by atoms with van der Waals surface area (Å²) in [6, 6.07) is 3.68. The second kappa shape index (κ2) is 7.29. The Kier molecular flexibility index (Phi) is 5.61. The maximum atomic E-state index is 12.0. The summed E-state index contributed by atoms with van der Waals surface area (Å²) in [6.07, 6.45) is 4.73. The summed E-state index contributed by atoms with van der Waals surface area (Å²) >= 11 is 5.75. The molecule has 1 aromatic carbocycles. The van der Waals surface area contributed by atoms with Crippen molar-refractivity contribution in [2.24, 2.45) is 11.1 Å². The third-order valence-corrected chi connectivity index (χ3v) is 5.17. The molecule has 2 rings (SSSR count). The number of primary sulfonamides is 1. The summed E-state index contributed by atoms with van der Waals surface area (Å²) in [5.74, 6) is -0.983. The Hall–Kier alpha value is -1.64. The van der Waals surface area contributed by atoms with Crippen LogP contribution in [0.3, 0.4) is 0 Å². The van der Waals surface area contributed by atoms with Crippen molar-refractivity contribution in [2.45, 2.75) is 37.0 Å². The predicted octanol–water partition coefficient (Wildman–Crippen LogP) is 1.33. The first kappa shape index (κ1) is 17.7. The molecule has 9 heteroatoms. The molecule has 1 aliphatic carbocycles. The van der Waals surface area contributed by atoms with E-state index in [4.69, 9.17) is 16.7 Å². The van der Waals surface area contributed by atoms with E-state index in [0.717, 1.165) is 38.2 Å². The molecule has 23 heavy (non-hydrogen) atoms. The number of nitrogens with one attached hydrogen (secondary N) is 2. The number of hydrogen-bond acceptors (Lipinski definition) is 4. The van der Waals surface area contributed by atoms with Crippen molar-refractivity contribution in [3.8, 4) is 0 Å². The first-order valence-electron chi connectivity index (χ1n) is 7.21. The van der Waals surface area contributed by atoms with Crippen molar-refractivity contribution in [2.75, 3.05) is 0 Å².